The molecule has 1 aliphatic heterocycles. The van der Waals surface area contributed by atoms with Gasteiger partial charge in [-0.1, -0.05) is 12.1 Å². The lowest BCUT2D eigenvalue weighted by molar-refractivity contribution is -0.121. The Bertz CT molecular complexity index is 670. The molecule has 4 nitrogen and oxygen atoms in total. The highest BCUT2D eigenvalue weighted by Crippen LogP contribution is 2.27. The van der Waals surface area contributed by atoms with Crippen LogP contribution in [0.3, 0.4) is 0 Å². The van der Waals surface area contributed by atoms with Crippen molar-refractivity contribution in [1.82, 2.24) is 10.6 Å². The number of hydrogen-bond acceptors (Lipinski definition) is 5. The van der Waals surface area contributed by atoms with Crippen molar-refractivity contribution in [2.24, 2.45) is 0 Å². The lowest BCUT2D eigenvalue weighted by atomic mass is 10.1. The van der Waals surface area contributed by atoms with Gasteiger partial charge in [-0.25, -0.2) is 0 Å². The summed E-state index contributed by atoms with van der Waals surface area (Å²) >= 11 is 3.59. The smallest absolute Gasteiger partial charge is 0.221 e. The molecule has 0 bridgehead atoms. The highest BCUT2D eigenvalue weighted by Gasteiger charge is 2.16. The zero-order valence-corrected chi connectivity index (χ0v) is 16.6. The third kappa shape index (κ3) is 5.92. The number of benzene rings is 1. The molecular weight excluding hydrogens is 376 g/mol. The molecule has 25 heavy (non-hydrogen) atoms. The summed E-state index contributed by atoms with van der Waals surface area (Å²) in [6.07, 6.45) is 0.559. The fourth-order valence-electron chi connectivity index (χ4n) is 2.64. The van der Waals surface area contributed by atoms with Gasteiger partial charge >= 0.3 is 0 Å². The van der Waals surface area contributed by atoms with E-state index >= 15 is 0 Å². The monoisotopic (exact) mass is 398 g/mol. The summed E-state index contributed by atoms with van der Waals surface area (Å²) in [5.41, 5.74) is 2.34. The Kier molecular flexibility index (Phi) is 8.09. The lowest BCUT2D eigenvalue weighted by Gasteiger charge is -2.22. The summed E-state index contributed by atoms with van der Waals surface area (Å²) in [5.74, 6) is 3.14. The average molecular weight is 399 g/mol. The Labute approximate surface area is 163 Å². The van der Waals surface area contributed by atoms with Crippen LogP contribution in [0, 0.1) is 0 Å². The van der Waals surface area contributed by atoms with Crippen molar-refractivity contribution in [3.05, 3.63) is 40.6 Å². The molecule has 0 spiro atoms. The van der Waals surface area contributed by atoms with E-state index in [4.69, 9.17) is 4.74 Å². The van der Waals surface area contributed by atoms with E-state index in [0.717, 1.165) is 29.4 Å². The van der Waals surface area contributed by atoms with Crippen molar-refractivity contribution in [2.45, 2.75) is 19.0 Å². The van der Waals surface area contributed by atoms with Gasteiger partial charge in [0.1, 0.15) is 5.75 Å². The van der Waals surface area contributed by atoms with Crippen molar-refractivity contribution >= 4 is 41.4 Å². The van der Waals surface area contributed by atoms with E-state index in [2.05, 4.69) is 34.2 Å². The molecule has 2 heterocycles. The molecule has 0 radical (unpaired) electrons. The average Bonchev–Trinajstić information content (AvgIpc) is 3.10. The largest absolute Gasteiger partial charge is 0.497 e. The molecular formula is C18H23ClN2O2S2. The molecule has 136 valence electrons. The van der Waals surface area contributed by atoms with Crippen LogP contribution in [-0.4, -0.2) is 37.1 Å². The molecule has 1 aromatic heterocycles. The van der Waals surface area contributed by atoms with Crippen LogP contribution < -0.4 is 15.4 Å². The Hall–Kier alpha value is -1.21. The fraction of sp³-hybridized carbons (Fsp3) is 0.389. The number of ether oxygens (including phenoxy) is 1. The third-order valence-corrected chi connectivity index (χ3v) is 6.03. The van der Waals surface area contributed by atoms with Gasteiger partial charge < -0.3 is 15.4 Å². The molecule has 1 aromatic carbocycles. The van der Waals surface area contributed by atoms with Crippen LogP contribution in [0.15, 0.2) is 35.7 Å². The Morgan fingerprint density at radius 3 is 2.80 bits per heavy atom. The summed E-state index contributed by atoms with van der Waals surface area (Å²) in [5, 5.41) is 8.55. The number of carbonyl (C=O) groups is 1. The molecule has 3 rings (SSSR count). The van der Waals surface area contributed by atoms with E-state index in [1.165, 1.54) is 10.4 Å². The first kappa shape index (κ1) is 20.1. The molecule has 1 fully saturated rings. The minimum Gasteiger partial charge on any atom is -0.497 e. The zero-order valence-electron chi connectivity index (χ0n) is 14.1. The molecule has 1 saturated heterocycles. The van der Waals surface area contributed by atoms with Crippen LogP contribution in [0.25, 0.3) is 11.1 Å². The van der Waals surface area contributed by atoms with Gasteiger partial charge in [-0.15, -0.1) is 23.7 Å². The van der Waals surface area contributed by atoms with Crippen LogP contribution in [0.2, 0.25) is 0 Å². The molecule has 1 atom stereocenters. The molecule has 0 aliphatic carbocycles. The molecule has 2 aromatic rings. The molecule has 0 saturated carbocycles. The second kappa shape index (κ2) is 10.1. The first-order chi connectivity index (χ1) is 11.7. The van der Waals surface area contributed by atoms with Crippen molar-refractivity contribution in [3.8, 4) is 16.9 Å². The van der Waals surface area contributed by atoms with Crippen LogP contribution in [0.1, 0.15) is 11.3 Å². The highest BCUT2D eigenvalue weighted by molar-refractivity contribution is 7.99. The van der Waals surface area contributed by atoms with E-state index in [9.17, 15) is 4.79 Å². The third-order valence-electron chi connectivity index (χ3n) is 3.97. The second-order valence-corrected chi connectivity index (χ2v) is 7.88. The van der Waals surface area contributed by atoms with E-state index < -0.39 is 0 Å². The Balaban J connectivity index is 0.00000225. The first-order valence-electron chi connectivity index (χ1n) is 8.04. The van der Waals surface area contributed by atoms with Gasteiger partial charge in [0, 0.05) is 35.4 Å². The second-order valence-electron chi connectivity index (χ2n) is 5.74. The van der Waals surface area contributed by atoms with Crippen molar-refractivity contribution in [2.75, 3.05) is 25.2 Å². The van der Waals surface area contributed by atoms with Gasteiger partial charge in [0.2, 0.25) is 5.91 Å². The number of thioether (sulfide) groups is 1. The normalized spacial score (nSPS) is 16.8. The van der Waals surface area contributed by atoms with Crippen LogP contribution in [0.4, 0.5) is 0 Å². The summed E-state index contributed by atoms with van der Waals surface area (Å²) in [6.45, 7) is 1.60. The number of halogens is 1. The topological polar surface area (TPSA) is 50.4 Å². The predicted octanol–water partition coefficient (Wildman–Crippen LogP) is 3.56. The van der Waals surface area contributed by atoms with E-state index in [0.29, 0.717) is 19.0 Å². The lowest BCUT2D eigenvalue weighted by Crippen LogP contribution is -2.41. The van der Waals surface area contributed by atoms with Crippen LogP contribution in [-0.2, 0) is 11.3 Å². The maximum absolute atomic E-state index is 12.1. The Morgan fingerprint density at radius 1 is 1.32 bits per heavy atom. The van der Waals surface area contributed by atoms with Crippen LogP contribution in [0.5, 0.6) is 5.75 Å². The number of carbonyl (C=O) groups excluding carboxylic acids is 1. The molecule has 2 N–H and O–H groups in total. The SMILES string of the molecule is COc1ccc(-c2csc(CNC(=O)CC3CSCCN3)c2)cc1.Cl. The van der Waals surface area contributed by atoms with Gasteiger partial charge in [-0.05, 0) is 34.7 Å². The Morgan fingerprint density at radius 2 is 2.12 bits per heavy atom. The van der Waals surface area contributed by atoms with Gasteiger partial charge in [0.05, 0.1) is 13.7 Å². The molecule has 7 heteroatoms. The van der Waals surface area contributed by atoms with Gasteiger partial charge in [-0.2, -0.15) is 11.8 Å². The summed E-state index contributed by atoms with van der Waals surface area (Å²) in [6, 6.07) is 10.5. The fourth-order valence-corrected chi connectivity index (χ4v) is 4.42. The molecule has 1 aliphatic rings. The van der Waals surface area contributed by atoms with Crippen LogP contribution >= 0.6 is 35.5 Å². The van der Waals surface area contributed by atoms with Gasteiger partial charge in [0.25, 0.3) is 0 Å². The number of amides is 1. The van der Waals surface area contributed by atoms with Crippen molar-refractivity contribution in [3.63, 3.8) is 0 Å². The summed E-state index contributed by atoms with van der Waals surface area (Å²) in [4.78, 5) is 13.2. The molecule has 1 unspecified atom stereocenters. The highest BCUT2D eigenvalue weighted by atomic mass is 35.5. The quantitative estimate of drug-likeness (QED) is 0.781. The standard InChI is InChI=1S/C18H22N2O2S2.ClH/c1-22-16-4-2-13(3-5-16)14-8-17(24-11-14)10-20-18(21)9-15-12-23-7-6-19-15;/h2-5,8,11,15,19H,6-7,9-10,12H2,1H3,(H,20,21);1H. The van der Waals surface area contributed by atoms with Gasteiger partial charge in [-0.3, -0.25) is 4.79 Å². The number of nitrogens with one attached hydrogen (secondary N) is 2. The zero-order chi connectivity index (χ0) is 16.8. The number of thiophene rings is 1. The van der Waals surface area contributed by atoms with Crippen molar-refractivity contribution < 1.29 is 9.53 Å². The number of methoxy groups -OCH3 is 1. The minimum atomic E-state index is 0. The maximum atomic E-state index is 12.1. The molecule has 1 amide bonds. The predicted molar refractivity (Wildman–Crippen MR) is 109 cm³/mol. The summed E-state index contributed by atoms with van der Waals surface area (Å²) < 4.78 is 5.19. The van der Waals surface area contributed by atoms with Crippen molar-refractivity contribution in [1.29, 1.82) is 0 Å². The number of hydrogen-bond donors (Lipinski definition) is 2. The van der Waals surface area contributed by atoms with Gasteiger partial charge in [0.15, 0.2) is 0 Å². The first-order valence-corrected chi connectivity index (χ1v) is 10.1. The van der Waals surface area contributed by atoms with E-state index in [1.807, 2.05) is 23.9 Å². The maximum Gasteiger partial charge on any atom is 0.221 e. The minimum absolute atomic E-state index is 0. The van der Waals surface area contributed by atoms with E-state index in [1.54, 1.807) is 18.4 Å². The summed E-state index contributed by atoms with van der Waals surface area (Å²) in [7, 11) is 1.67. The number of rotatable bonds is 6. The van der Waals surface area contributed by atoms with E-state index in [-0.39, 0.29) is 18.3 Å².